The van der Waals surface area contributed by atoms with Crippen molar-refractivity contribution in [1.82, 2.24) is 10.2 Å². The van der Waals surface area contributed by atoms with Crippen LogP contribution in [0.25, 0.3) is 0 Å². The lowest BCUT2D eigenvalue weighted by molar-refractivity contribution is 0.601. The van der Waals surface area contributed by atoms with Crippen LogP contribution in [0, 0.1) is 5.92 Å². The number of nitrogens with two attached hydrogens (primary N) is 1. The highest BCUT2D eigenvalue weighted by Gasteiger charge is 2.20. The molecule has 0 unspecified atom stereocenters. The van der Waals surface area contributed by atoms with E-state index in [-0.39, 0.29) is 10.0 Å². The molecule has 0 radical (unpaired) electrons. The Hall–Kier alpha value is -1.71. The van der Waals surface area contributed by atoms with Crippen LogP contribution in [0.15, 0.2) is 29.2 Å². The molecule has 1 aromatic carbocycles. The van der Waals surface area contributed by atoms with Gasteiger partial charge < -0.3 is 5.43 Å². The molecule has 114 valence electrons. The maximum absolute atomic E-state index is 12.3. The van der Waals surface area contributed by atoms with Crippen molar-refractivity contribution < 1.29 is 8.42 Å². The summed E-state index contributed by atoms with van der Waals surface area (Å²) in [6.07, 6.45) is 0.764. The lowest BCUT2D eigenvalue weighted by Gasteiger charge is -2.09. The fourth-order valence-corrected chi connectivity index (χ4v) is 4.07. The first-order valence-electron chi connectivity index (χ1n) is 6.33. The molecule has 0 saturated heterocycles. The van der Waals surface area contributed by atoms with Gasteiger partial charge in [0.1, 0.15) is 9.90 Å². The Balaban J connectivity index is 2.23. The molecule has 4 N–H and O–H groups in total. The van der Waals surface area contributed by atoms with Gasteiger partial charge in [-0.15, -0.1) is 10.2 Å². The Labute approximate surface area is 127 Å². The van der Waals surface area contributed by atoms with Crippen LogP contribution in [-0.4, -0.2) is 18.6 Å². The van der Waals surface area contributed by atoms with E-state index in [0.29, 0.717) is 11.6 Å². The summed E-state index contributed by atoms with van der Waals surface area (Å²) in [6.45, 7) is 4.13. The van der Waals surface area contributed by atoms with E-state index in [1.54, 1.807) is 18.2 Å². The second-order valence-electron chi connectivity index (χ2n) is 4.84. The molecule has 0 aliphatic carbocycles. The summed E-state index contributed by atoms with van der Waals surface area (Å²) in [5.74, 6) is 5.77. The third-order valence-electron chi connectivity index (χ3n) is 2.60. The summed E-state index contributed by atoms with van der Waals surface area (Å²) in [4.78, 5) is 0.0631. The number of nitrogens with one attached hydrogen (secondary N) is 2. The molecule has 7 nitrogen and oxygen atoms in total. The molecule has 9 heteroatoms. The van der Waals surface area contributed by atoms with Crippen LogP contribution in [0.3, 0.4) is 0 Å². The average Bonchev–Trinajstić information content (AvgIpc) is 2.84. The summed E-state index contributed by atoms with van der Waals surface area (Å²) in [7, 11) is -3.76. The Morgan fingerprint density at radius 3 is 2.67 bits per heavy atom. The Bertz CT molecular complexity index is 712. The van der Waals surface area contributed by atoms with E-state index in [2.05, 4.69) is 34.2 Å². The molecular weight excluding hydrogens is 310 g/mol. The number of hydrogen-bond donors (Lipinski definition) is 3. The van der Waals surface area contributed by atoms with E-state index in [1.807, 2.05) is 0 Å². The van der Waals surface area contributed by atoms with Crippen LogP contribution < -0.4 is 16.0 Å². The van der Waals surface area contributed by atoms with Crippen molar-refractivity contribution in [3.8, 4) is 0 Å². The van der Waals surface area contributed by atoms with Crippen LogP contribution in [0.4, 0.5) is 10.8 Å². The zero-order valence-corrected chi connectivity index (χ0v) is 13.3. The lowest BCUT2D eigenvalue weighted by Crippen LogP contribution is -2.17. The van der Waals surface area contributed by atoms with E-state index >= 15 is 0 Å². The molecule has 1 heterocycles. The molecule has 0 amide bonds. The van der Waals surface area contributed by atoms with Crippen LogP contribution >= 0.6 is 11.3 Å². The zero-order valence-electron chi connectivity index (χ0n) is 11.7. The van der Waals surface area contributed by atoms with Gasteiger partial charge in [0.05, 0.1) is 5.69 Å². The van der Waals surface area contributed by atoms with Gasteiger partial charge in [-0.2, -0.15) is 0 Å². The highest BCUT2D eigenvalue weighted by Crippen LogP contribution is 2.25. The van der Waals surface area contributed by atoms with E-state index in [0.717, 1.165) is 11.4 Å². The van der Waals surface area contributed by atoms with Gasteiger partial charge in [-0.25, -0.2) is 8.42 Å². The fraction of sp³-hybridized carbons (Fsp3) is 0.333. The van der Waals surface area contributed by atoms with Crippen LogP contribution in [0.5, 0.6) is 0 Å². The summed E-state index contributed by atoms with van der Waals surface area (Å²) in [5, 5.41) is 8.89. The Morgan fingerprint density at radius 2 is 2.00 bits per heavy atom. The van der Waals surface area contributed by atoms with Crippen molar-refractivity contribution in [1.29, 1.82) is 0 Å². The Kier molecular flexibility index (Phi) is 4.76. The number of nitrogens with zero attached hydrogens (tertiary/aromatic N) is 2. The number of benzene rings is 1. The standard InChI is InChI=1S/C12H17N5O2S2/c1-8(2)7-11-15-16-12(20-11)17-21(18,19)10-6-4-3-5-9(10)14-13/h3-6,8,14H,7,13H2,1-2H3,(H,16,17). The lowest BCUT2D eigenvalue weighted by atomic mass is 10.1. The summed E-state index contributed by atoms with van der Waals surface area (Å²) >= 11 is 1.23. The largest absolute Gasteiger partial charge is 0.323 e. The second-order valence-corrected chi connectivity index (χ2v) is 7.56. The molecule has 2 aromatic rings. The number of para-hydroxylation sites is 1. The zero-order chi connectivity index (χ0) is 15.5. The number of anilines is 2. The minimum Gasteiger partial charge on any atom is -0.323 e. The topological polar surface area (TPSA) is 110 Å². The van der Waals surface area contributed by atoms with Crippen molar-refractivity contribution in [2.45, 2.75) is 25.2 Å². The molecule has 0 bridgehead atoms. The maximum atomic E-state index is 12.3. The van der Waals surface area contributed by atoms with Crippen LogP contribution in [-0.2, 0) is 16.4 Å². The predicted molar refractivity (Wildman–Crippen MR) is 83.5 cm³/mol. The molecular formula is C12H17N5O2S2. The van der Waals surface area contributed by atoms with Gasteiger partial charge in [0.2, 0.25) is 5.13 Å². The monoisotopic (exact) mass is 327 g/mol. The molecule has 2 rings (SSSR count). The van der Waals surface area contributed by atoms with Crippen molar-refractivity contribution in [3.05, 3.63) is 29.3 Å². The van der Waals surface area contributed by atoms with E-state index in [9.17, 15) is 8.42 Å². The first-order chi connectivity index (χ1) is 9.92. The summed E-state index contributed by atoms with van der Waals surface area (Å²) in [6, 6.07) is 6.37. The molecule has 1 aromatic heterocycles. The molecule has 0 saturated carbocycles. The molecule has 21 heavy (non-hydrogen) atoms. The summed E-state index contributed by atoms with van der Waals surface area (Å²) in [5.41, 5.74) is 2.68. The van der Waals surface area contributed by atoms with E-state index in [4.69, 9.17) is 5.84 Å². The smallest absolute Gasteiger partial charge is 0.265 e. The van der Waals surface area contributed by atoms with Gasteiger partial charge >= 0.3 is 0 Å². The molecule has 0 atom stereocenters. The number of rotatable bonds is 6. The minimum absolute atomic E-state index is 0.0631. The number of hydrazine groups is 1. The van der Waals surface area contributed by atoms with Gasteiger partial charge in [0, 0.05) is 6.42 Å². The minimum atomic E-state index is -3.76. The number of aromatic nitrogens is 2. The van der Waals surface area contributed by atoms with Crippen LogP contribution in [0.1, 0.15) is 18.9 Å². The highest BCUT2D eigenvalue weighted by atomic mass is 32.2. The average molecular weight is 327 g/mol. The van der Waals surface area contributed by atoms with E-state index in [1.165, 1.54) is 17.4 Å². The molecule has 0 fully saturated rings. The molecule has 0 aliphatic rings. The normalized spacial score (nSPS) is 11.6. The van der Waals surface area contributed by atoms with Gasteiger partial charge in [0.15, 0.2) is 0 Å². The third kappa shape index (κ3) is 3.90. The first kappa shape index (κ1) is 15.7. The maximum Gasteiger partial charge on any atom is 0.265 e. The van der Waals surface area contributed by atoms with Gasteiger partial charge in [-0.1, -0.05) is 37.3 Å². The van der Waals surface area contributed by atoms with Crippen molar-refractivity contribution in [2.75, 3.05) is 10.1 Å². The van der Waals surface area contributed by atoms with Crippen molar-refractivity contribution in [2.24, 2.45) is 11.8 Å². The number of sulfonamides is 1. The van der Waals surface area contributed by atoms with Crippen LogP contribution in [0.2, 0.25) is 0 Å². The SMILES string of the molecule is CC(C)Cc1nnc(NS(=O)(=O)c2ccccc2NN)s1. The van der Waals surface area contributed by atoms with Gasteiger partial charge in [-0.3, -0.25) is 10.6 Å². The number of hydrogen-bond acceptors (Lipinski definition) is 7. The van der Waals surface area contributed by atoms with Crippen molar-refractivity contribution in [3.63, 3.8) is 0 Å². The van der Waals surface area contributed by atoms with Crippen molar-refractivity contribution >= 4 is 32.2 Å². The first-order valence-corrected chi connectivity index (χ1v) is 8.63. The number of nitrogen functional groups attached to an aromatic ring is 1. The molecule has 0 aliphatic heterocycles. The Morgan fingerprint density at radius 1 is 1.29 bits per heavy atom. The summed E-state index contributed by atoms with van der Waals surface area (Å²) < 4.78 is 27.1. The quantitative estimate of drug-likeness (QED) is 0.551. The molecule has 0 spiro atoms. The van der Waals surface area contributed by atoms with Gasteiger partial charge in [0.25, 0.3) is 10.0 Å². The van der Waals surface area contributed by atoms with Gasteiger partial charge in [-0.05, 0) is 18.1 Å². The predicted octanol–water partition coefficient (Wildman–Crippen LogP) is 1.82. The second kappa shape index (κ2) is 6.37. The van der Waals surface area contributed by atoms with E-state index < -0.39 is 10.0 Å². The third-order valence-corrected chi connectivity index (χ3v) is 4.99. The highest BCUT2D eigenvalue weighted by molar-refractivity contribution is 7.93. The fourth-order valence-electron chi connectivity index (χ4n) is 1.72.